The van der Waals surface area contributed by atoms with Crippen LogP contribution in [-0.2, 0) is 4.74 Å². The highest BCUT2D eigenvalue weighted by Gasteiger charge is 2.32. The average molecular weight is 235 g/mol. The lowest BCUT2D eigenvalue weighted by Crippen LogP contribution is -2.51. The van der Waals surface area contributed by atoms with Gasteiger partial charge in [-0.3, -0.25) is 0 Å². The van der Waals surface area contributed by atoms with Crippen LogP contribution in [-0.4, -0.2) is 32.4 Å². The van der Waals surface area contributed by atoms with E-state index in [0.717, 1.165) is 0 Å². The molecule has 0 saturated carbocycles. The third-order valence-electron chi connectivity index (χ3n) is 3.03. The molecule has 0 aromatic heterocycles. The van der Waals surface area contributed by atoms with E-state index >= 15 is 0 Å². The van der Waals surface area contributed by atoms with E-state index in [-0.39, 0.29) is 17.6 Å². The fraction of sp³-hybridized carbons (Fsp3) is 0.417. The standard InChI is InChI=1S/C12H11FN2O2/c13-9-3-8(5-14)12-11(4-9)17-7-10-6-16-2-1-15(10)12/h3-4,10H,1-2,6-7H2/t10-/m1/s1/i3D. The van der Waals surface area contributed by atoms with Gasteiger partial charge in [-0.1, -0.05) is 0 Å². The number of ether oxygens (including phenoxy) is 2. The topological polar surface area (TPSA) is 45.5 Å². The van der Waals surface area contributed by atoms with Crippen LogP contribution in [0.4, 0.5) is 10.1 Å². The minimum absolute atomic E-state index is 0.0308. The maximum absolute atomic E-state index is 13.5. The highest BCUT2D eigenvalue weighted by atomic mass is 19.1. The molecule has 3 rings (SSSR count). The number of nitrogens with zero attached hydrogens (tertiary/aromatic N) is 2. The molecular formula is C12H11FN2O2. The van der Waals surface area contributed by atoms with Gasteiger partial charge < -0.3 is 14.4 Å². The molecule has 0 amide bonds. The van der Waals surface area contributed by atoms with Crippen molar-refractivity contribution >= 4 is 5.69 Å². The van der Waals surface area contributed by atoms with Crippen molar-refractivity contribution in [1.82, 2.24) is 0 Å². The highest BCUT2D eigenvalue weighted by Crippen LogP contribution is 2.38. The van der Waals surface area contributed by atoms with E-state index in [1.807, 2.05) is 11.0 Å². The van der Waals surface area contributed by atoms with Crippen molar-refractivity contribution in [2.45, 2.75) is 6.04 Å². The smallest absolute Gasteiger partial charge is 0.147 e. The third-order valence-corrected chi connectivity index (χ3v) is 3.03. The lowest BCUT2D eigenvalue weighted by Gasteiger charge is -2.41. The molecule has 1 aromatic rings. The van der Waals surface area contributed by atoms with E-state index in [2.05, 4.69) is 0 Å². The number of nitriles is 1. The van der Waals surface area contributed by atoms with Crippen LogP contribution < -0.4 is 9.64 Å². The number of anilines is 1. The summed E-state index contributed by atoms with van der Waals surface area (Å²) in [5, 5.41) is 9.14. The Morgan fingerprint density at radius 3 is 3.29 bits per heavy atom. The Morgan fingerprint density at radius 2 is 2.47 bits per heavy atom. The number of benzene rings is 1. The summed E-state index contributed by atoms with van der Waals surface area (Å²) in [5.74, 6) is -0.379. The second kappa shape index (κ2) is 3.90. The second-order valence-electron chi connectivity index (χ2n) is 4.05. The summed E-state index contributed by atoms with van der Waals surface area (Å²) in [5.41, 5.74) is 0.569. The minimum Gasteiger partial charge on any atom is -0.489 e. The second-order valence-corrected chi connectivity index (χ2v) is 4.05. The van der Waals surface area contributed by atoms with Gasteiger partial charge in [0, 0.05) is 12.6 Å². The fourth-order valence-corrected chi connectivity index (χ4v) is 2.27. The molecule has 0 spiro atoms. The molecule has 88 valence electrons. The maximum Gasteiger partial charge on any atom is 0.147 e. The molecule has 4 nitrogen and oxygen atoms in total. The zero-order valence-electron chi connectivity index (χ0n) is 10.1. The van der Waals surface area contributed by atoms with Gasteiger partial charge in [0.05, 0.1) is 31.9 Å². The number of rotatable bonds is 0. The molecule has 0 radical (unpaired) electrons. The summed E-state index contributed by atoms with van der Waals surface area (Å²) in [4.78, 5) is 1.98. The lowest BCUT2D eigenvalue weighted by atomic mass is 10.1. The molecule has 5 heteroatoms. The van der Waals surface area contributed by atoms with Crippen LogP contribution in [0.1, 0.15) is 6.93 Å². The average Bonchev–Trinajstić information content (AvgIpc) is 2.40. The van der Waals surface area contributed by atoms with E-state index in [1.165, 1.54) is 6.07 Å². The molecule has 1 atom stereocenters. The number of morpholine rings is 1. The summed E-state index contributed by atoms with van der Waals surface area (Å²) in [6.07, 6.45) is 0. The number of hydrogen-bond acceptors (Lipinski definition) is 4. The zero-order valence-corrected chi connectivity index (χ0v) is 9.07. The zero-order chi connectivity index (χ0) is 12.7. The number of halogens is 1. The van der Waals surface area contributed by atoms with Gasteiger partial charge in [0.1, 0.15) is 24.2 Å². The van der Waals surface area contributed by atoms with Crippen molar-refractivity contribution < 1.29 is 15.2 Å². The Morgan fingerprint density at radius 1 is 1.59 bits per heavy atom. The Bertz CT molecular complexity index is 544. The largest absolute Gasteiger partial charge is 0.489 e. The molecule has 1 fully saturated rings. The lowest BCUT2D eigenvalue weighted by molar-refractivity contribution is 0.0704. The number of fused-ring (bicyclic) bond motifs is 3. The van der Waals surface area contributed by atoms with E-state index < -0.39 is 5.82 Å². The van der Waals surface area contributed by atoms with Gasteiger partial charge in [0.2, 0.25) is 0 Å². The molecule has 2 aliphatic heterocycles. The first-order chi connectivity index (χ1) is 8.72. The van der Waals surface area contributed by atoms with Gasteiger partial charge in [-0.15, -0.1) is 0 Å². The molecule has 2 aliphatic rings. The van der Waals surface area contributed by atoms with E-state index in [0.29, 0.717) is 37.8 Å². The molecular weight excluding hydrogens is 223 g/mol. The Hall–Kier alpha value is -1.80. The summed E-state index contributed by atoms with van der Waals surface area (Å²) >= 11 is 0. The fourth-order valence-electron chi connectivity index (χ4n) is 2.27. The van der Waals surface area contributed by atoms with Crippen LogP contribution >= 0.6 is 0 Å². The van der Waals surface area contributed by atoms with Gasteiger partial charge >= 0.3 is 0 Å². The Labute approximate surface area is 99.6 Å². The first-order valence-electron chi connectivity index (χ1n) is 5.92. The first-order valence-corrected chi connectivity index (χ1v) is 5.42. The van der Waals surface area contributed by atoms with Crippen molar-refractivity contribution in [3.05, 3.63) is 23.5 Å². The van der Waals surface area contributed by atoms with E-state index in [4.69, 9.17) is 16.1 Å². The van der Waals surface area contributed by atoms with Gasteiger partial charge in [0.15, 0.2) is 0 Å². The molecule has 0 aliphatic carbocycles. The normalized spacial score (nSPS) is 22.9. The first kappa shape index (κ1) is 9.25. The summed E-state index contributed by atoms with van der Waals surface area (Å²) in [6, 6.07) is 2.75. The predicted molar refractivity (Wildman–Crippen MR) is 58.6 cm³/mol. The van der Waals surface area contributed by atoms with Crippen molar-refractivity contribution in [1.29, 1.82) is 5.26 Å². The summed E-state index contributed by atoms with van der Waals surface area (Å²) in [6.45, 7) is 2.12. The van der Waals surface area contributed by atoms with Gasteiger partial charge in [-0.2, -0.15) is 5.26 Å². The molecule has 2 heterocycles. The van der Waals surface area contributed by atoms with Crippen LogP contribution in [0.2, 0.25) is 0 Å². The summed E-state index contributed by atoms with van der Waals surface area (Å²) in [7, 11) is 0. The molecule has 0 bridgehead atoms. The Kier molecular flexibility index (Phi) is 2.12. The van der Waals surface area contributed by atoms with Crippen molar-refractivity contribution in [2.75, 3.05) is 31.3 Å². The van der Waals surface area contributed by atoms with E-state index in [9.17, 15) is 4.39 Å². The third kappa shape index (κ3) is 1.61. The predicted octanol–water partition coefficient (Wildman–Crippen LogP) is 1.29. The summed E-state index contributed by atoms with van der Waals surface area (Å²) < 4.78 is 32.0. The van der Waals surface area contributed by atoms with Crippen LogP contribution in [0.15, 0.2) is 12.1 Å². The molecule has 0 unspecified atom stereocenters. The van der Waals surface area contributed by atoms with Crippen LogP contribution in [0.25, 0.3) is 0 Å². The number of hydrogen-bond donors (Lipinski definition) is 0. The van der Waals surface area contributed by atoms with E-state index in [1.54, 1.807) is 0 Å². The highest BCUT2D eigenvalue weighted by molar-refractivity contribution is 5.70. The Balaban J connectivity index is 2.17. The van der Waals surface area contributed by atoms with Crippen molar-refractivity contribution in [2.24, 2.45) is 0 Å². The van der Waals surface area contributed by atoms with Crippen LogP contribution in [0, 0.1) is 17.1 Å². The van der Waals surface area contributed by atoms with Gasteiger partial charge in [-0.25, -0.2) is 4.39 Å². The van der Waals surface area contributed by atoms with Gasteiger partial charge in [0.25, 0.3) is 0 Å². The minimum atomic E-state index is -0.725. The maximum atomic E-state index is 13.5. The monoisotopic (exact) mass is 235 g/mol. The molecule has 1 aromatic carbocycles. The van der Waals surface area contributed by atoms with Crippen LogP contribution in [0.5, 0.6) is 5.75 Å². The molecule has 17 heavy (non-hydrogen) atoms. The van der Waals surface area contributed by atoms with Crippen molar-refractivity contribution in [3.8, 4) is 11.8 Å². The molecule has 1 saturated heterocycles. The quantitative estimate of drug-likeness (QED) is 0.680. The van der Waals surface area contributed by atoms with Gasteiger partial charge in [-0.05, 0) is 6.04 Å². The SMILES string of the molecule is [2H]c1c(F)cc2c(c1C#N)N1CCOC[C@@H]1CO2. The molecule has 0 N–H and O–H groups in total. The van der Waals surface area contributed by atoms with Crippen LogP contribution in [0.3, 0.4) is 0 Å². The van der Waals surface area contributed by atoms with Crippen molar-refractivity contribution in [3.63, 3.8) is 0 Å².